The van der Waals surface area contributed by atoms with E-state index in [0.717, 1.165) is 5.75 Å². The summed E-state index contributed by atoms with van der Waals surface area (Å²) < 4.78 is 0. The average molecular weight is 280 g/mol. The van der Waals surface area contributed by atoms with E-state index in [1.165, 1.54) is 4.90 Å². The fourth-order valence-corrected chi connectivity index (χ4v) is 2.01. The van der Waals surface area contributed by atoms with E-state index < -0.39 is 12.0 Å². The Kier molecular flexibility index (Phi) is 9.16. The molecule has 0 rings (SSSR count). The van der Waals surface area contributed by atoms with Gasteiger partial charge in [-0.25, -0.2) is 9.59 Å². The van der Waals surface area contributed by atoms with Gasteiger partial charge in [-0.3, -0.25) is 0 Å². The van der Waals surface area contributed by atoms with Gasteiger partial charge in [-0.1, -0.05) is 0 Å². The number of urea groups is 1. The Labute approximate surface area is 111 Å². The smallest absolute Gasteiger partial charge is 0.326 e. The first kappa shape index (κ1) is 16.4. The van der Waals surface area contributed by atoms with E-state index in [1.807, 2.05) is 12.5 Å². The number of carboxylic acid groups (broad SMARTS) is 1. The van der Waals surface area contributed by atoms with Gasteiger partial charge in [0.25, 0.3) is 0 Å². The van der Waals surface area contributed by atoms with Crippen LogP contribution in [-0.4, -0.2) is 65.7 Å². The van der Waals surface area contributed by atoms with Crippen LogP contribution in [0.4, 0.5) is 4.79 Å². The number of hydrogen-bond acceptors (Lipinski definition) is 4. The molecular weight excluding hydrogens is 260 g/mol. The van der Waals surface area contributed by atoms with Crippen LogP contribution in [0.3, 0.4) is 0 Å². The van der Waals surface area contributed by atoms with Crippen molar-refractivity contribution in [1.82, 2.24) is 10.2 Å². The fourth-order valence-electron chi connectivity index (χ4n) is 1.08. The minimum Gasteiger partial charge on any atom is -0.480 e. The van der Waals surface area contributed by atoms with E-state index in [0.29, 0.717) is 18.7 Å². The van der Waals surface area contributed by atoms with Crippen molar-refractivity contribution in [3.05, 3.63) is 0 Å². The number of rotatable bonds is 8. The van der Waals surface area contributed by atoms with Crippen LogP contribution in [-0.2, 0) is 4.79 Å². The van der Waals surface area contributed by atoms with Crippen molar-refractivity contribution in [1.29, 1.82) is 0 Å². The Bertz CT molecular complexity index is 252. The summed E-state index contributed by atoms with van der Waals surface area (Å²) in [6.45, 7) is 0.613. The number of thioether (sulfide) groups is 2. The second-order valence-corrected chi connectivity index (χ2v) is 5.51. The molecule has 0 bridgehead atoms. The summed E-state index contributed by atoms with van der Waals surface area (Å²) in [5.41, 5.74) is 0. The average Bonchev–Trinajstić information content (AvgIpc) is 2.30. The van der Waals surface area contributed by atoms with E-state index >= 15 is 0 Å². The molecule has 0 aliphatic rings. The van der Waals surface area contributed by atoms with Crippen molar-refractivity contribution >= 4 is 35.5 Å². The minimum atomic E-state index is -0.981. The van der Waals surface area contributed by atoms with Crippen LogP contribution in [0.5, 0.6) is 0 Å². The minimum absolute atomic E-state index is 0.326. The molecule has 5 nitrogen and oxygen atoms in total. The summed E-state index contributed by atoms with van der Waals surface area (Å²) in [4.78, 5) is 24.1. The van der Waals surface area contributed by atoms with Gasteiger partial charge in [-0.2, -0.15) is 23.5 Å². The normalized spacial score (nSPS) is 11.9. The molecule has 2 N–H and O–H groups in total. The number of carboxylic acids is 1. The van der Waals surface area contributed by atoms with Crippen LogP contribution in [0.2, 0.25) is 0 Å². The lowest BCUT2D eigenvalue weighted by Crippen LogP contribution is -2.47. The maximum atomic E-state index is 11.7. The molecule has 0 spiro atoms. The number of nitrogens with one attached hydrogen (secondary N) is 1. The zero-order valence-electron chi connectivity index (χ0n) is 10.4. The van der Waals surface area contributed by atoms with Crippen LogP contribution in [0, 0.1) is 0 Å². The summed E-state index contributed by atoms with van der Waals surface area (Å²) in [6, 6.07) is -1.13. The lowest BCUT2D eigenvalue weighted by atomic mass is 10.2. The van der Waals surface area contributed by atoms with Crippen LogP contribution >= 0.6 is 23.5 Å². The molecule has 2 amide bonds. The molecule has 0 fully saturated rings. The molecule has 7 heteroatoms. The van der Waals surface area contributed by atoms with E-state index in [9.17, 15) is 9.59 Å². The molecule has 1 atom stereocenters. The van der Waals surface area contributed by atoms with E-state index in [1.54, 1.807) is 30.6 Å². The van der Waals surface area contributed by atoms with Gasteiger partial charge in [-0.15, -0.1) is 0 Å². The second-order valence-electron chi connectivity index (χ2n) is 3.54. The zero-order chi connectivity index (χ0) is 13.3. The number of nitrogens with zero attached hydrogens (tertiary/aromatic N) is 1. The Hall–Kier alpha value is -0.560. The maximum absolute atomic E-state index is 11.7. The lowest BCUT2D eigenvalue weighted by Gasteiger charge is -2.20. The third-order valence-corrected chi connectivity index (χ3v) is 3.42. The van der Waals surface area contributed by atoms with Crippen molar-refractivity contribution < 1.29 is 14.7 Å². The molecule has 100 valence electrons. The first-order valence-corrected chi connectivity index (χ1v) is 8.04. The predicted molar refractivity (Wildman–Crippen MR) is 74.0 cm³/mol. The Morgan fingerprint density at radius 3 is 2.35 bits per heavy atom. The zero-order valence-corrected chi connectivity index (χ0v) is 12.1. The van der Waals surface area contributed by atoms with Gasteiger partial charge in [0.2, 0.25) is 0 Å². The van der Waals surface area contributed by atoms with Crippen molar-refractivity contribution in [2.24, 2.45) is 0 Å². The van der Waals surface area contributed by atoms with Gasteiger partial charge in [0.05, 0.1) is 0 Å². The topological polar surface area (TPSA) is 69.6 Å². The van der Waals surface area contributed by atoms with Gasteiger partial charge in [-0.05, 0) is 24.7 Å². The molecular formula is C10H20N2O3S2. The van der Waals surface area contributed by atoms with Crippen molar-refractivity contribution in [2.75, 3.05) is 37.6 Å². The Morgan fingerprint density at radius 2 is 1.88 bits per heavy atom. The third-order valence-electron chi connectivity index (χ3n) is 2.18. The monoisotopic (exact) mass is 280 g/mol. The van der Waals surface area contributed by atoms with Crippen molar-refractivity contribution in [2.45, 2.75) is 12.5 Å². The molecule has 0 aliphatic carbocycles. The van der Waals surface area contributed by atoms with Gasteiger partial charge in [0.15, 0.2) is 0 Å². The second kappa shape index (κ2) is 9.47. The number of carbonyl (C=O) groups excluding carboxylic acids is 1. The molecule has 0 aromatic heterocycles. The summed E-state index contributed by atoms with van der Waals surface area (Å²) in [7, 11) is 1.67. The fraction of sp³-hybridized carbons (Fsp3) is 0.800. The number of amides is 2. The number of carbonyl (C=O) groups is 2. The lowest BCUT2D eigenvalue weighted by molar-refractivity contribution is -0.139. The molecule has 0 aromatic carbocycles. The SMILES string of the molecule is CSCCC(NC(=O)N(C)CCSC)C(=O)O. The summed E-state index contributed by atoms with van der Waals surface area (Å²) in [6.07, 6.45) is 4.31. The summed E-state index contributed by atoms with van der Waals surface area (Å²) >= 11 is 3.21. The van der Waals surface area contributed by atoms with E-state index in [2.05, 4.69) is 5.32 Å². The summed E-state index contributed by atoms with van der Waals surface area (Å²) in [5.74, 6) is 0.573. The summed E-state index contributed by atoms with van der Waals surface area (Å²) in [5, 5.41) is 11.5. The van der Waals surface area contributed by atoms with Gasteiger partial charge in [0.1, 0.15) is 6.04 Å². The molecule has 1 unspecified atom stereocenters. The highest BCUT2D eigenvalue weighted by Gasteiger charge is 2.20. The van der Waals surface area contributed by atoms with E-state index in [4.69, 9.17) is 5.11 Å². The van der Waals surface area contributed by atoms with Gasteiger partial charge >= 0.3 is 12.0 Å². The van der Waals surface area contributed by atoms with Crippen LogP contribution in [0.1, 0.15) is 6.42 Å². The van der Waals surface area contributed by atoms with Crippen LogP contribution in [0.25, 0.3) is 0 Å². The highest BCUT2D eigenvalue weighted by atomic mass is 32.2. The molecule has 0 aromatic rings. The van der Waals surface area contributed by atoms with Crippen LogP contribution < -0.4 is 5.32 Å². The Morgan fingerprint density at radius 1 is 1.29 bits per heavy atom. The van der Waals surface area contributed by atoms with Gasteiger partial charge < -0.3 is 15.3 Å². The highest BCUT2D eigenvalue weighted by molar-refractivity contribution is 7.98. The molecule has 17 heavy (non-hydrogen) atoms. The number of hydrogen-bond donors (Lipinski definition) is 2. The largest absolute Gasteiger partial charge is 0.480 e. The van der Waals surface area contributed by atoms with E-state index in [-0.39, 0.29) is 6.03 Å². The molecule has 0 heterocycles. The highest BCUT2D eigenvalue weighted by Crippen LogP contribution is 2.02. The first-order chi connectivity index (χ1) is 8.02. The van der Waals surface area contributed by atoms with Crippen molar-refractivity contribution in [3.63, 3.8) is 0 Å². The van der Waals surface area contributed by atoms with Crippen molar-refractivity contribution in [3.8, 4) is 0 Å². The standard InChI is InChI=1S/C10H20N2O3S2/c1-12(5-7-17-3)10(15)11-8(9(13)14)4-6-16-2/h8H,4-7H2,1-3H3,(H,11,15)(H,13,14). The first-order valence-electron chi connectivity index (χ1n) is 5.25. The van der Waals surface area contributed by atoms with Crippen LogP contribution in [0.15, 0.2) is 0 Å². The maximum Gasteiger partial charge on any atom is 0.326 e. The molecule has 0 aliphatic heterocycles. The third kappa shape index (κ3) is 7.38. The molecule has 0 radical (unpaired) electrons. The number of aliphatic carboxylic acids is 1. The quantitative estimate of drug-likeness (QED) is 0.699. The predicted octanol–water partition coefficient (Wildman–Crippen LogP) is 1.20. The molecule has 0 saturated heterocycles. The Balaban J connectivity index is 4.15. The van der Waals surface area contributed by atoms with Gasteiger partial charge in [0, 0.05) is 19.3 Å². The molecule has 0 saturated carbocycles.